The van der Waals surface area contributed by atoms with Gasteiger partial charge in [-0.25, -0.2) is 13.1 Å². The number of terminal acetylenes is 1. The Morgan fingerprint density at radius 3 is 2.90 bits per heavy atom. The van der Waals surface area contributed by atoms with Crippen LogP contribution < -0.4 is 10.5 Å². The number of nitrogens with two attached hydrogens (primary N) is 1. The van der Waals surface area contributed by atoms with E-state index in [1.54, 1.807) is 18.2 Å². The topological polar surface area (TPSA) is 88.0 Å². The Bertz CT molecular complexity index is 756. The number of H-pyrrole nitrogens is 1. The Morgan fingerprint density at radius 1 is 1.50 bits per heavy atom. The van der Waals surface area contributed by atoms with Crippen LogP contribution in [0.3, 0.4) is 0 Å². The van der Waals surface area contributed by atoms with Crippen LogP contribution in [0.15, 0.2) is 29.3 Å². The summed E-state index contributed by atoms with van der Waals surface area (Å²) in [7, 11) is -3.61. The van der Waals surface area contributed by atoms with Crippen LogP contribution in [-0.2, 0) is 10.0 Å². The first-order valence-electron chi connectivity index (χ1n) is 6.30. The Kier molecular flexibility index (Phi) is 4.02. The molecule has 1 unspecified atom stereocenters. The number of aromatic nitrogens is 1. The van der Waals surface area contributed by atoms with E-state index in [2.05, 4.69) is 15.6 Å². The van der Waals surface area contributed by atoms with Gasteiger partial charge in [-0.15, -0.1) is 12.3 Å². The van der Waals surface area contributed by atoms with Crippen molar-refractivity contribution in [2.24, 2.45) is 0 Å². The number of sulfonamides is 1. The van der Waals surface area contributed by atoms with E-state index in [4.69, 9.17) is 12.2 Å². The van der Waals surface area contributed by atoms with Crippen molar-refractivity contribution < 1.29 is 8.42 Å². The smallest absolute Gasteiger partial charge is 0.242 e. The van der Waals surface area contributed by atoms with Crippen molar-refractivity contribution >= 4 is 26.6 Å². The first-order chi connectivity index (χ1) is 9.47. The third kappa shape index (κ3) is 2.79. The Balaban J connectivity index is 2.40. The van der Waals surface area contributed by atoms with E-state index in [1.807, 2.05) is 6.92 Å². The zero-order chi connectivity index (χ0) is 14.8. The molecule has 1 aromatic carbocycles. The van der Waals surface area contributed by atoms with Crippen molar-refractivity contribution in [3.8, 4) is 12.3 Å². The Hall–Kier alpha value is -1.97. The first kappa shape index (κ1) is 14.4. The maximum atomic E-state index is 12.4. The molecule has 0 aliphatic heterocycles. The van der Waals surface area contributed by atoms with Crippen LogP contribution in [0.5, 0.6) is 0 Å². The lowest BCUT2D eigenvalue weighted by atomic mass is 10.2. The van der Waals surface area contributed by atoms with Gasteiger partial charge in [-0.1, -0.05) is 6.92 Å². The third-order valence-corrected chi connectivity index (χ3v) is 4.70. The fourth-order valence-corrected chi connectivity index (χ4v) is 3.53. The number of rotatable bonds is 5. The number of benzene rings is 1. The van der Waals surface area contributed by atoms with E-state index in [9.17, 15) is 8.42 Å². The number of nitrogen functional groups attached to an aromatic ring is 1. The van der Waals surface area contributed by atoms with Crippen LogP contribution in [-0.4, -0.2) is 19.4 Å². The normalized spacial score (nSPS) is 13.2. The van der Waals surface area contributed by atoms with Crippen molar-refractivity contribution in [1.29, 1.82) is 0 Å². The molecule has 2 rings (SSSR count). The summed E-state index contributed by atoms with van der Waals surface area (Å²) in [5, 5.41) is 0.613. The molecule has 1 aromatic heterocycles. The maximum Gasteiger partial charge on any atom is 0.242 e. The van der Waals surface area contributed by atoms with Gasteiger partial charge in [0, 0.05) is 35.2 Å². The molecule has 2 aromatic rings. The van der Waals surface area contributed by atoms with E-state index in [1.165, 1.54) is 6.20 Å². The molecule has 0 spiro atoms. The summed E-state index contributed by atoms with van der Waals surface area (Å²) in [6, 6.07) is 4.81. The van der Waals surface area contributed by atoms with Crippen LogP contribution in [0.25, 0.3) is 10.9 Å². The van der Waals surface area contributed by atoms with Gasteiger partial charge >= 0.3 is 0 Å². The van der Waals surface area contributed by atoms with Gasteiger partial charge in [-0.2, -0.15) is 0 Å². The van der Waals surface area contributed by atoms with Crippen molar-refractivity contribution in [2.75, 3.05) is 5.73 Å². The summed E-state index contributed by atoms with van der Waals surface area (Å²) < 4.78 is 27.4. The number of anilines is 1. The molecule has 0 aliphatic rings. The van der Waals surface area contributed by atoms with Gasteiger partial charge < -0.3 is 10.7 Å². The number of fused-ring (bicyclic) bond motifs is 1. The summed E-state index contributed by atoms with van der Waals surface area (Å²) in [4.78, 5) is 3.13. The molecule has 1 heterocycles. The molecule has 0 saturated heterocycles. The second-order valence-corrected chi connectivity index (χ2v) is 6.28. The molecule has 0 fully saturated rings. The van der Waals surface area contributed by atoms with Crippen LogP contribution in [0.2, 0.25) is 0 Å². The highest BCUT2D eigenvalue weighted by Crippen LogP contribution is 2.24. The summed E-state index contributed by atoms with van der Waals surface area (Å²) in [5.74, 6) is 2.48. The largest absolute Gasteiger partial charge is 0.399 e. The minimum Gasteiger partial charge on any atom is -0.399 e. The fourth-order valence-electron chi connectivity index (χ4n) is 2.03. The minimum atomic E-state index is -3.61. The summed E-state index contributed by atoms with van der Waals surface area (Å²) in [6.45, 7) is 1.89. The third-order valence-electron chi connectivity index (χ3n) is 3.14. The van der Waals surface area contributed by atoms with Gasteiger partial charge in [0.15, 0.2) is 0 Å². The van der Waals surface area contributed by atoms with Crippen LogP contribution in [0.4, 0.5) is 5.69 Å². The van der Waals surface area contributed by atoms with E-state index < -0.39 is 10.0 Å². The number of hydrogen-bond acceptors (Lipinski definition) is 3. The van der Waals surface area contributed by atoms with Gasteiger partial charge in [0.2, 0.25) is 10.0 Å². The molecule has 1 atom stereocenters. The van der Waals surface area contributed by atoms with E-state index in [0.29, 0.717) is 29.4 Å². The average molecular weight is 291 g/mol. The monoisotopic (exact) mass is 291 g/mol. The molecule has 4 N–H and O–H groups in total. The molecule has 0 saturated carbocycles. The highest BCUT2D eigenvalue weighted by atomic mass is 32.2. The summed E-state index contributed by atoms with van der Waals surface area (Å²) in [5.41, 5.74) is 6.95. The Morgan fingerprint density at radius 2 is 2.25 bits per heavy atom. The summed E-state index contributed by atoms with van der Waals surface area (Å²) >= 11 is 0. The zero-order valence-electron chi connectivity index (χ0n) is 11.2. The van der Waals surface area contributed by atoms with Gasteiger partial charge in [-0.3, -0.25) is 0 Å². The van der Waals surface area contributed by atoms with Crippen molar-refractivity contribution in [3.63, 3.8) is 0 Å². The number of aromatic amines is 1. The SMILES string of the molecule is C#CCC(CC)NS(=O)(=O)c1c[nH]c2cc(N)ccc12. The average Bonchev–Trinajstić information content (AvgIpc) is 2.81. The lowest BCUT2D eigenvalue weighted by molar-refractivity contribution is 0.545. The van der Waals surface area contributed by atoms with Gasteiger partial charge in [-0.05, 0) is 24.6 Å². The van der Waals surface area contributed by atoms with E-state index in [0.717, 1.165) is 0 Å². The van der Waals surface area contributed by atoms with Gasteiger partial charge in [0.1, 0.15) is 4.90 Å². The van der Waals surface area contributed by atoms with Crippen molar-refractivity contribution in [2.45, 2.75) is 30.7 Å². The van der Waals surface area contributed by atoms with Crippen LogP contribution in [0.1, 0.15) is 19.8 Å². The first-order valence-corrected chi connectivity index (χ1v) is 7.78. The molecule has 5 nitrogen and oxygen atoms in total. The fraction of sp³-hybridized carbons (Fsp3) is 0.286. The quantitative estimate of drug-likeness (QED) is 0.580. The molecule has 0 radical (unpaired) electrons. The van der Waals surface area contributed by atoms with Crippen molar-refractivity contribution in [3.05, 3.63) is 24.4 Å². The van der Waals surface area contributed by atoms with Gasteiger partial charge in [0.05, 0.1) is 0 Å². The predicted octanol–water partition coefficient (Wildman–Crippen LogP) is 1.83. The lowest BCUT2D eigenvalue weighted by Crippen LogP contribution is -2.34. The highest BCUT2D eigenvalue weighted by Gasteiger charge is 2.22. The van der Waals surface area contributed by atoms with Gasteiger partial charge in [0.25, 0.3) is 0 Å². The second kappa shape index (κ2) is 5.57. The molecule has 0 bridgehead atoms. The minimum absolute atomic E-state index is 0.211. The van der Waals surface area contributed by atoms with Crippen molar-refractivity contribution in [1.82, 2.24) is 9.71 Å². The van der Waals surface area contributed by atoms with Crippen LogP contribution >= 0.6 is 0 Å². The number of nitrogens with one attached hydrogen (secondary N) is 2. The molecule has 0 amide bonds. The zero-order valence-corrected chi connectivity index (χ0v) is 12.0. The molecule has 0 aliphatic carbocycles. The second-order valence-electron chi connectivity index (χ2n) is 4.59. The molecule has 106 valence electrons. The van der Waals surface area contributed by atoms with E-state index >= 15 is 0 Å². The summed E-state index contributed by atoms with van der Waals surface area (Å²) in [6.07, 6.45) is 7.72. The van der Waals surface area contributed by atoms with E-state index in [-0.39, 0.29) is 10.9 Å². The molecular formula is C14H17N3O2S. The maximum absolute atomic E-state index is 12.4. The lowest BCUT2D eigenvalue weighted by Gasteiger charge is -2.14. The molecular weight excluding hydrogens is 274 g/mol. The number of hydrogen-bond donors (Lipinski definition) is 3. The standard InChI is InChI=1S/C14H17N3O2S/c1-3-5-11(4-2)17-20(18,19)14-9-16-13-8-10(15)6-7-12(13)14/h1,6-9,11,16-17H,4-5,15H2,2H3. The predicted molar refractivity (Wildman–Crippen MR) is 80.6 cm³/mol. The van der Waals surface area contributed by atoms with Crippen LogP contribution in [0, 0.1) is 12.3 Å². The highest BCUT2D eigenvalue weighted by molar-refractivity contribution is 7.89. The Labute approximate surface area is 118 Å². The molecule has 20 heavy (non-hydrogen) atoms. The molecule has 6 heteroatoms.